The summed E-state index contributed by atoms with van der Waals surface area (Å²) in [5.41, 5.74) is 2.21. The van der Waals surface area contributed by atoms with Gasteiger partial charge in [0.25, 0.3) is 0 Å². The van der Waals surface area contributed by atoms with Crippen LogP contribution >= 0.6 is 11.6 Å². The molecule has 2 aromatic rings. The van der Waals surface area contributed by atoms with Gasteiger partial charge in [-0.15, -0.1) is 0 Å². The minimum absolute atomic E-state index is 0.393. The lowest BCUT2D eigenvalue weighted by atomic mass is 10.2. The van der Waals surface area contributed by atoms with Crippen molar-refractivity contribution in [3.05, 3.63) is 29.0 Å². The first kappa shape index (κ1) is 12.9. The Morgan fingerprint density at radius 1 is 1.47 bits per heavy atom. The number of halogens is 1. The Kier molecular flexibility index (Phi) is 3.50. The SMILES string of the molecule is CC(C)Cn1c(C2CCCN2)nc2cc(Cl)ccc21. The second-order valence-electron chi connectivity index (χ2n) is 5.76. The lowest BCUT2D eigenvalue weighted by Gasteiger charge is -2.15. The van der Waals surface area contributed by atoms with Crippen LogP contribution in [0, 0.1) is 5.92 Å². The number of rotatable bonds is 3. The number of hydrogen-bond acceptors (Lipinski definition) is 2. The van der Waals surface area contributed by atoms with Gasteiger partial charge >= 0.3 is 0 Å². The number of nitrogens with one attached hydrogen (secondary N) is 1. The molecule has 1 aromatic heterocycles. The summed E-state index contributed by atoms with van der Waals surface area (Å²) in [4.78, 5) is 4.82. The van der Waals surface area contributed by atoms with Crippen LogP contribution in [0.5, 0.6) is 0 Å². The Bertz CT molecular complexity index is 582. The van der Waals surface area contributed by atoms with E-state index >= 15 is 0 Å². The molecule has 4 heteroatoms. The number of aromatic nitrogens is 2. The molecule has 3 nitrogen and oxygen atoms in total. The average molecular weight is 278 g/mol. The lowest BCUT2D eigenvalue weighted by Crippen LogP contribution is -2.19. The van der Waals surface area contributed by atoms with Crippen LogP contribution in [0.25, 0.3) is 11.0 Å². The minimum Gasteiger partial charge on any atom is -0.326 e. The maximum absolute atomic E-state index is 6.08. The van der Waals surface area contributed by atoms with Crippen molar-refractivity contribution in [2.75, 3.05) is 6.54 Å². The van der Waals surface area contributed by atoms with E-state index in [-0.39, 0.29) is 0 Å². The van der Waals surface area contributed by atoms with E-state index in [0.29, 0.717) is 12.0 Å². The van der Waals surface area contributed by atoms with Gasteiger partial charge in [0.1, 0.15) is 5.82 Å². The summed E-state index contributed by atoms with van der Waals surface area (Å²) in [5.74, 6) is 1.77. The standard InChI is InChI=1S/C15H20ClN3/c1-10(2)9-19-14-6-5-11(16)8-13(14)18-15(19)12-4-3-7-17-12/h5-6,8,10,12,17H,3-4,7,9H2,1-2H3. The minimum atomic E-state index is 0.393. The van der Waals surface area contributed by atoms with Gasteiger partial charge in [-0.25, -0.2) is 4.98 Å². The molecule has 0 saturated carbocycles. The van der Waals surface area contributed by atoms with Gasteiger partial charge in [-0.1, -0.05) is 25.4 Å². The van der Waals surface area contributed by atoms with Crippen LogP contribution in [0.2, 0.25) is 5.02 Å². The highest BCUT2D eigenvalue weighted by Gasteiger charge is 2.23. The van der Waals surface area contributed by atoms with E-state index < -0.39 is 0 Å². The maximum atomic E-state index is 6.08. The van der Waals surface area contributed by atoms with Crippen LogP contribution in [-0.2, 0) is 6.54 Å². The number of imidazole rings is 1. The Labute approximate surface area is 119 Å². The largest absolute Gasteiger partial charge is 0.326 e. The van der Waals surface area contributed by atoms with Crippen LogP contribution in [0.15, 0.2) is 18.2 Å². The van der Waals surface area contributed by atoms with E-state index in [4.69, 9.17) is 16.6 Å². The van der Waals surface area contributed by atoms with Gasteiger partial charge in [0.05, 0.1) is 17.1 Å². The molecule has 0 aliphatic carbocycles. The lowest BCUT2D eigenvalue weighted by molar-refractivity contribution is 0.485. The first-order chi connectivity index (χ1) is 9.15. The van der Waals surface area contributed by atoms with E-state index in [1.807, 2.05) is 12.1 Å². The molecule has 19 heavy (non-hydrogen) atoms. The maximum Gasteiger partial charge on any atom is 0.127 e. The fourth-order valence-electron chi connectivity index (χ4n) is 2.85. The number of fused-ring (bicyclic) bond motifs is 1. The molecule has 0 bridgehead atoms. The molecule has 0 amide bonds. The van der Waals surface area contributed by atoms with Crippen LogP contribution in [0.1, 0.15) is 38.6 Å². The van der Waals surface area contributed by atoms with Crippen molar-refractivity contribution in [1.29, 1.82) is 0 Å². The fourth-order valence-corrected chi connectivity index (χ4v) is 3.02. The van der Waals surface area contributed by atoms with E-state index in [0.717, 1.165) is 23.6 Å². The molecule has 1 aromatic carbocycles. The predicted octanol–water partition coefficient (Wildman–Crippen LogP) is 3.77. The molecule has 1 atom stereocenters. The van der Waals surface area contributed by atoms with Crippen molar-refractivity contribution >= 4 is 22.6 Å². The molecule has 1 saturated heterocycles. The zero-order valence-corrected chi connectivity index (χ0v) is 12.2. The van der Waals surface area contributed by atoms with Gasteiger partial charge in [0.15, 0.2) is 0 Å². The van der Waals surface area contributed by atoms with Crippen LogP contribution < -0.4 is 5.32 Å². The molecule has 0 radical (unpaired) electrons. The molecule has 1 unspecified atom stereocenters. The van der Waals surface area contributed by atoms with Gasteiger partial charge in [-0.05, 0) is 43.5 Å². The third kappa shape index (κ3) is 2.49. The van der Waals surface area contributed by atoms with Crippen LogP contribution in [0.3, 0.4) is 0 Å². The Balaban J connectivity index is 2.12. The number of benzene rings is 1. The summed E-state index contributed by atoms with van der Waals surface area (Å²) >= 11 is 6.08. The Morgan fingerprint density at radius 3 is 3.00 bits per heavy atom. The second-order valence-corrected chi connectivity index (χ2v) is 6.19. The predicted molar refractivity (Wildman–Crippen MR) is 79.6 cm³/mol. The molecule has 102 valence electrons. The third-order valence-corrected chi connectivity index (χ3v) is 3.89. The van der Waals surface area contributed by atoms with Gasteiger partial charge in [-0.3, -0.25) is 0 Å². The fraction of sp³-hybridized carbons (Fsp3) is 0.533. The summed E-state index contributed by atoms with van der Waals surface area (Å²) in [6.07, 6.45) is 2.41. The molecular formula is C15H20ClN3. The van der Waals surface area contributed by atoms with E-state index in [1.165, 1.54) is 24.2 Å². The first-order valence-electron chi connectivity index (χ1n) is 7.04. The highest BCUT2D eigenvalue weighted by atomic mass is 35.5. The molecule has 0 spiro atoms. The quantitative estimate of drug-likeness (QED) is 0.925. The first-order valence-corrected chi connectivity index (χ1v) is 7.42. The van der Waals surface area contributed by atoms with Crippen molar-refractivity contribution in [3.8, 4) is 0 Å². The van der Waals surface area contributed by atoms with Crippen LogP contribution in [-0.4, -0.2) is 16.1 Å². The Hall–Kier alpha value is -1.06. The molecule has 1 aliphatic heterocycles. The van der Waals surface area contributed by atoms with Gasteiger partial charge in [-0.2, -0.15) is 0 Å². The summed E-state index contributed by atoms with van der Waals surface area (Å²) in [6, 6.07) is 6.40. The van der Waals surface area contributed by atoms with Gasteiger partial charge < -0.3 is 9.88 Å². The average Bonchev–Trinajstić information content (AvgIpc) is 2.96. The molecule has 3 rings (SSSR count). The number of hydrogen-bond donors (Lipinski definition) is 1. The normalized spacial score (nSPS) is 19.7. The topological polar surface area (TPSA) is 29.9 Å². The van der Waals surface area contributed by atoms with Crippen molar-refractivity contribution in [1.82, 2.24) is 14.9 Å². The Morgan fingerprint density at radius 2 is 2.32 bits per heavy atom. The van der Waals surface area contributed by atoms with Crippen molar-refractivity contribution < 1.29 is 0 Å². The monoisotopic (exact) mass is 277 g/mol. The summed E-state index contributed by atoms with van der Waals surface area (Å²) < 4.78 is 2.36. The highest BCUT2D eigenvalue weighted by Crippen LogP contribution is 2.28. The number of nitrogens with zero attached hydrogens (tertiary/aromatic N) is 2. The van der Waals surface area contributed by atoms with E-state index in [9.17, 15) is 0 Å². The summed E-state index contributed by atoms with van der Waals surface area (Å²) in [7, 11) is 0. The summed E-state index contributed by atoms with van der Waals surface area (Å²) in [5, 5.41) is 4.30. The van der Waals surface area contributed by atoms with Crippen molar-refractivity contribution in [2.24, 2.45) is 5.92 Å². The van der Waals surface area contributed by atoms with E-state index in [1.54, 1.807) is 0 Å². The second kappa shape index (κ2) is 5.14. The van der Waals surface area contributed by atoms with Crippen molar-refractivity contribution in [2.45, 2.75) is 39.3 Å². The van der Waals surface area contributed by atoms with Crippen molar-refractivity contribution in [3.63, 3.8) is 0 Å². The molecular weight excluding hydrogens is 258 g/mol. The zero-order valence-electron chi connectivity index (χ0n) is 11.5. The third-order valence-electron chi connectivity index (χ3n) is 3.66. The zero-order chi connectivity index (χ0) is 13.4. The molecule has 1 fully saturated rings. The van der Waals surface area contributed by atoms with E-state index in [2.05, 4.69) is 29.8 Å². The van der Waals surface area contributed by atoms with Gasteiger partial charge in [0.2, 0.25) is 0 Å². The summed E-state index contributed by atoms with van der Waals surface area (Å²) in [6.45, 7) is 6.59. The molecule has 1 N–H and O–H groups in total. The smallest absolute Gasteiger partial charge is 0.127 e. The van der Waals surface area contributed by atoms with Crippen LogP contribution in [0.4, 0.5) is 0 Å². The van der Waals surface area contributed by atoms with Gasteiger partial charge in [0, 0.05) is 11.6 Å². The molecule has 1 aliphatic rings. The highest BCUT2D eigenvalue weighted by molar-refractivity contribution is 6.31. The molecule has 2 heterocycles.